The summed E-state index contributed by atoms with van der Waals surface area (Å²) >= 11 is 0. The lowest BCUT2D eigenvalue weighted by Crippen LogP contribution is -2.31. The molecule has 2 aromatic carbocycles. The highest BCUT2D eigenvalue weighted by Crippen LogP contribution is 2.28. The van der Waals surface area contributed by atoms with E-state index in [-0.39, 0.29) is 11.8 Å². The molecule has 0 aliphatic rings. The Bertz CT molecular complexity index is 892. The first-order chi connectivity index (χ1) is 13.4. The van der Waals surface area contributed by atoms with Crippen LogP contribution in [0.5, 0.6) is 11.5 Å². The Hall–Kier alpha value is -2.67. The fraction of sp³-hybridized carbons (Fsp3) is 0.333. The summed E-state index contributed by atoms with van der Waals surface area (Å²) in [6.07, 6.45) is -1.59. The Morgan fingerprint density at radius 2 is 1.79 bits per heavy atom. The molecule has 150 valence electrons. The number of fused-ring (bicyclic) bond motifs is 1. The van der Waals surface area contributed by atoms with Crippen molar-refractivity contribution in [3.63, 3.8) is 0 Å². The fourth-order valence-electron chi connectivity index (χ4n) is 2.97. The number of benzene rings is 2. The van der Waals surface area contributed by atoms with Crippen molar-refractivity contribution in [3.05, 3.63) is 60.3 Å². The Balaban J connectivity index is 1.44. The maximum Gasteiger partial charge on any atom is 0.422 e. The number of rotatable bonds is 9. The predicted molar refractivity (Wildman–Crippen MR) is 103 cm³/mol. The van der Waals surface area contributed by atoms with E-state index in [0.29, 0.717) is 18.9 Å². The van der Waals surface area contributed by atoms with Crippen molar-refractivity contribution >= 4 is 10.9 Å². The van der Waals surface area contributed by atoms with E-state index in [2.05, 4.69) is 35.4 Å². The van der Waals surface area contributed by atoms with Crippen LogP contribution in [-0.4, -0.2) is 37.0 Å². The van der Waals surface area contributed by atoms with Crippen LogP contribution in [-0.2, 0) is 6.42 Å². The van der Waals surface area contributed by atoms with E-state index in [1.807, 2.05) is 12.3 Å². The summed E-state index contributed by atoms with van der Waals surface area (Å²) in [6, 6.07) is 15.0. The highest BCUT2D eigenvalue weighted by molar-refractivity contribution is 5.79. The van der Waals surface area contributed by atoms with Crippen molar-refractivity contribution < 1.29 is 22.6 Å². The van der Waals surface area contributed by atoms with Crippen molar-refractivity contribution in [2.24, 2.45) is 0 Å². The molecule has 4 nitrogen and oxygen atoms in total. The zero-order chi connectivity index (χ0) is 20.0. The molecule has 0 saturated carbocycles. The van der Waals surface area contributed by atoms with Crippen LogP contribution in [0, 0.1) is 0 Å². The fourth-order valence-corrected chi connectivity index (χ4v) is 2.97. The highest BCUT2D eigenvalue weighted by Gasteiger charge is 2.28. The molecule has 0 aliphatic carbocycles. The third-order valence-electron chi connectivity index (χ3n) is 4.25. The maximum atomic E-state index is 12.3. The Morgan fingerprint density at radius 1 is 1.04 bits per heavy atom. The minimum absolute atomic E-state index is 0.0904. The molecule has 1 unspecified atom stereocenters. The number of aromatic amines is 1. The van der Waals surface area contributed by atoms with Gasteiger partial charge < -0.3 is 19.8 Å². The van der Waals surface area contributed by atoms with Crippen LogP contribution in [0.3, 0.4) is 0 Å². The number of aromatic nitrogens is 1. The highest BCUT2D eigenvalue weighted by atomic mass is 19.4. The van der Waals surface area contributed by atoms with E-state index in [1.54, 1.807) is 18.2 Å². The number of nitrogens with one attached hydrogen (secondary N) is 2. The van der Waals surface area contributed by atoms with Crippen LogP contribution in [0.4, 0.5) is 13.2 Å². The normalized spacial score (nSPS) is 12.9. The lowest BCUT2D eigenvalue weighted by Gasteiger charge is -2.16. The molecule has 7 heteroatoms. The number of ether oxygens (including phenoxy) is 2. The number of hydrogen-bond acceptors (Lipinski definition) is 3. The third kappa shape index (κ3) is 5.92. The van der Waals surface area contributed by atoms with Gasteiger partial charge in [0.05, 0.1) is 0 Å². The average molecular weight is 392 g/mol. The summed E-state index contributed by atoms with van der Waals surface area (Å²) in [4.78, 5) is 3.17. The van der Waals surface area contributed by atoms with E-state index < -0.39 is 12.8 Å². The molecule has 2 N–H and O–H groups in total. The molecular formula is C21H23F3N2O2. The van der Waals surface area contributed by atoms with E-state index in [9.17, 15) is 13.2 Å². The smallest absolute Gasteiger partial charge is 0.422 e. The number of halogens is 3. The second kappa shape index (κ2) is 9.01. The first kappa shape index (κ1) is 20.1. The number of H-pyrrole nitrogens is 1. The van der Waals surface area contributed by atoms with E-state index in [0.717, 1.165) is 11.9 Å². The second-order valence-electron chi connectivity index (χ2n) is 6.66. The summed E-state index contributed by atoms with van der Waals surface area (Å²) in [5, 5.41) is 4.55. The van der Waals surface area contributed by atoms with Gasteiger partial charge in [0.15, 0.2) is 18.1 Å². The standard InChI is InChI=1S/C21H23F3N2O2/c1-15(12-16-6-7-18-17(13-16)8-9-26-18)25-10-11-27-19-4-2-3-5-20(19)28-14-21(22,23)24/h2-9,13,15,25-26H,10-12,14H2,1H3. The first-order valence-electron chi connectivity index (χ1n) is 9.11. The van der Waals surface area contributed by atoms with Crippen LogP contribution in [0.2, 0.25) is 0 Å². The molecule has 0 amide bonds. The number of hydrogen-bond donors (Lipinski definition) is 2. The van der Waals surface area contributed by atoms with Crippen molar-refractivity contribution in [1.29, 1.82) is 0 Å². The van der Waals surface area contributed by atoms with Crippen molar-refractivity contribution in [3.8, 4) is 11.5 Å². The summed E-state index contributed by atoms with van der Waals surface area (Å²) < 4.78 is 47.4. The Labute approximate surface area is 161 Å². The predicted octanol–water partition coefficient (Wildman–Crippen LogP) is 4.71. The summed E-state index contributed by atoms with van der Waals surface area (Å²) in [5.41, 5.74) is 2.35. The molecule has 0 fully saturated rings. The molecule has 0 spiro atoms. The first-order valence-corrected chi connectivity index (χ1v) is 9.11. The maximum absolute atomic E-state index is 12.3. The van der Waals surface area contributed by atoms with Crippen LogP contribution >= 0.6 is 0 Å². The van der Waals surface area contributed by atoms with Crippen LogP contribution in [0.25, 0.3) is 10.9 Å². The number of alkyl halides is 3. The zero-order valence-electron chi connectivity index (χ0n) is 15.6. The molecule has 1 atom stereocenters. The van der Waals surface area contributed by atoms with Gasteiger partial charge in [0, 0.05) is 24.3 Å². The molecule has 0 aliphatic heterocycles. The van der Waals surface area contributed by atoms with Crippen LogP contribution in [0.1, 0.15) is 12.5 Å². The van der Waals surface area contributed by atoms with E-state index in [4.69, 9.17) is 9.47 Å². The molecule has 3 rings (SSSR count). The van der Waals surface area contributed by atoms with Gasteiger partial charge in [-0.05, 0) is 54.6 Å². The topological polar surface area (TPSA) is 46.3 Å². The zero-order valence-corrected chi connectivity index (χ0v) is 15.6. The van der Waals surface area contributed by atoms with E-state index in [1.165, 1.54) is 17.0 Å². The summed E-state index contributed by atoms with van der Waals surface area (Å²) in [5.74, 6) is 0.395. The molecule has 1 aromatic heterocycles. The van der Waals surface area contributed by atoms with Crippen LogP contribution < -0.4 is 14.8 Å². The average Bonchev–Trinajstić information content (AvgIpc) is 3.11. The van der Waals surface area contributed by atoms with Gasteiger partial charge in [-0.25, -0.2) is 0 Å². The number of para-hydroxylation sites is 2. The quantitative estimate of drug-likeness (QED) is 0.519. The van der Waals surface area contributed by atoms with Gasteiger partial charge >= 0.3 is 6.18 Å². The molecule has 28 heavy (non-hydrogen) atoms. The van der Waals surface area contributed by atoms with Gasteiger partial charge in [-0.2, -0.15) is 13.2 Å². The molecular weight excluding hydrogens is 369 g/mol. The van der Waals surface area contributed by atoms with Crippen molar-refractivity contribution in [1.82, 2.24) is 10.3 Å². The SMILES string of the molecule is CC(Cc1ccc2[nH]ccc2c1)NCCOc1ccccc1OCC(F)(F)F. The van der Waals surface area contributed by atoms with Crippen LogP contribution in [0.15, 0.2) is 54.7 Å². The molecule has 0 radical (unpaired) electrons. The Kier molecular flexibility index (Phi) is 6.46. The van der Waals surface area contributed by atoms with Gasteiger partial charge in [-0.1, -0.05) is 18.2 Å². The second-order valence-corrected chi connectivity index (χ2v) is 6.66. The van der Waals surface area contributed by atoms with Gasteiger partial charge in [-0.3, -0.25) is 0 Å². The lowest BCUT2D eigenvalue weighted by molar-refractivity contribution is -0.153. The minimum Gasteiger partial charge on any atom is -0.488 e. The van der Waals surface area contributed by atoms with E-state index >= 15 is 0 Å². The third-order valence-corrected chi connectivity index (χ3v) is 4.25. The summed E-state index contributed by atoms with van der Waals surface area (Å²) in [7, 11) is 0. The van der Waals surface area contributed by atoms with Gasteiger partial charge in [0.25, 0.3) is 0 Å². The van der Waals surface area contributed by atoms with Gasteiger partial charge in [0.2, 0.25) is 0 Å². The monoisotopic (exact) mass is 392 g/mol. The lowest BCUT2D eigenvalue weighted by atomic mass is 10.1. The van der Waals surface area contributed by atoms with Crippen molar-refractivity contribution in [2.45, 2.75) is 25.6 Å². The molecule has 3 aromatic rings. The van der Waals surface area contributed by atoms with Gasteiger partial charge in [0.1, 0.15) is 6.61 Å². The van der Waals surface area contributed by atoms with Gasteiger partial charge in [-0.15, -0.1) is 0 Å². The van der Waals surface area contributed by atoms with Crippen molar-refractivity contribution in [2.75, 3.05) is 19.8 Å². The molecule has 1 heterocycles. The molecule has 0 saturated heterocycles. The Morgan fingerprint density at radius 3 is 2.54 bits per heavy atom. The largest absolute Gasteiger partial charge is 0.488 e. The summed E-state index contributed by atoms with van der Waals surface area (Å²) in [6.45, 7) is 1.64. The molecule has 0 bridgehead atoms. The minimum atomic E-state index is -4.38.